The molecule has 0 spiro atoms. The second kappa shape index (κ2) is 4.83. The zero-order chi connectivity index (χ0) is 16.3. The van der Waals surface area contributed by atoms with Crippen LogP contribution < -0.4 is 10.0 Å². The molecular weight excluding hydrogens is 314 g/mol. The number of anilines is 1. The Hall–Kier alpha value is -2.33. The van der Waals surface area contributed by atoms with Crippen molar-refractivity contribution in [1.29, 1.82) is 0 Å². The summed E-state index contributed by atoms with van der Waals surface area (Å²) in [5.41, 5.74) is 2.64. The number of carbonyl (C=O) groups excluding carboxylic acids is 2. The number of aromatic carboxylic acids is 1. The number of carboxylic acids is 1. The molecule has 2 aromatic rings. The van der Waals surface area contributed by atoms with Gasteiger partial charge in [0.05, 0.1) is 28.3 Å². The van der Waals surface area contributed by atoms with Crippen molar-refractivity contribution in [1.82, 2.24) is 0 Å². The molecule has 4 nitrogen and oxygen atoms in total. The van der Waals surface area contributed by atoms with E-state index in [-0.39, 0.29) is 29.0 Å². The standard InChI is InChI=1S/C18H14ClNO3/c1-9-8-14-11-5-2-6-12(18(22)23)15(11)17(21)20(14)16-10(9)4-3-7-13(16)19/h2-7,9,14H,8H2,1H3,(H,22,23)/p-1/t9-,14+/m0/s1. The van der Waals surface area contributed by atoms with Crippen LogP contribution in [0.15, 0.2) is 36.4 Å². The van der Waals surface area contributed by atoms with E-state index in [0.29, 0.717) is 10.7 Å². The third-order valence-corrected chi connectivity index (χ3v) is 5.09. The van der Waals surface area contributed by atoms with E-state index in [1.165, 1.54) is 6.07 Å². The predicted molar refractivity (Wildman–Crippen MR) is 84.8 cm³/mol. The lowest BCUT2D eigenvalue weighted by Crippen LogP contribution is -2.34. The van der Waals surface area contributed by atoms with E-state index in [2.05, 4.69) is 6.92 Å². The van der Waals surface area contributed by atoms with Gasteiger partial charge in [0.1, 0.15) is 0 Å². The Morgan fingerprint density at radius 1 is 1.22 bits per heavy atom. The topological polar surface area (TPSA) is 60.4 Å². The summed E-state index contributed by atoms with van der Waals surface area (Å²) in [4.78, 5) is 26.0. The number of amides is 1. The number of carboxylic acid groups (broad SMARTS) is 1. The average Bonchev–Trinajstić information content (AvgIpc) is 2.81. The van der Waals surface area contributed by atoms with Crippen molar-refractivity contribution in [3.63, 3.8) is 0 Å². The Morgan fingerprint density at radius 3 is 2.65 bits per heavy atom. The van der Waals surface area contributed by atoms with Crippen LogP contribution in [0.1, 0.15) is 57.1 Å². The van der Waals surface area contributed by atoms with Crippen LogP contribution in [0.2, 0.25) is 5.02 Å². The fourth-order valence-electron chi connectivity index (χ4n) is 3.79. The van der Waals surface area contributed by atoms with Crippen LogP contribution in [0, 0.1) is 0 Å². The highest BCUT2D eigenvalue weighted by Crippen LogP contribution is 2.52. The zero-order valence-corrected chi connectivity index (χ0v) is 13.1. The lowest BCUT2D eigenvalue weighted by molar-refractivity contribution is -0.255. The Kier molecular flexibility index (Phi) is 3.00. The molecule has 0 fully saturated rings. The number of rotatable bonds is 1. The third-order valence-electron chi connectivity index (χ3n) is 4.79. The lowest BCUT2D eigenvalue weighted by atomic mass is 9.85. The molecule has 2 aliphatic rings. The summed E-state index contributed by atoms with van der Waals surface area (Å²) in [6.45, 7) is 2.09. The van der Waals surface area contributed by atoms with Gasteiger partial charge in [-0.2, -0.15) is 0 Å². The molecule has 0 unspecified atom stereocenters. The summed E-state index contributed by atoms with van der Waals surface area (Å²) in [5.74, 6) is -1.41. The van der Waals surface area contributed by atoms with Crippen molar-refractivity contribution in [3.8, 4) is 0 Å². The zero-order valence-electron chi connectivity index (χ0n) is 12.4. The summed E-state index contributed by atoms with van der Waals surface area (Å²) >= 11 is 6.36. The Morgan fingerprint density at radius 2 is 1.91 bits per heavy atom. The molecule has 2 atom stereocenters. The van der Waals surface area contributed by atoms with Crippen molar-refractivity contribution < 1.29 is 14.7 Å². The van der Waals surface area contributed by atoms with Gasteiger partial charge in [0.25, 0.3) is 5.91 Å². The highest BCUT2D eigenvalue weighted by atomic mass is 35.5. The second-order valence-corrected chi connectivity index (χ2v) is 6.47. The Labute approximate surface area is 138 Å². The quantitative estimate of drug-likeness (QED) is 0.809. The number of halogens is 1. The molecule has 2 heterocycles. The molecule has 23 heavy (non-hydrogen) atoms. The number of nitrogens with zero attached hydrogens (tertiary/aromatic N) is 1. The molecule has 1 amide bonds. The molecule has 116 valence electrons. The van der Waals surface area contributed by atoms with Crippen LogP contribution in [0.3, 0.4) is 0 Å². The smallest absolute Gasteiger partial charge is 0.259 e. The maximum atomic E-state index is 13.0. The van der Waals surface area contributed by atoms with Crippen molar-refractivity contribution in [2.75, 3.05) is 4.90 Å². The second-order valence-electron chi connectivity index (χ2n) is 6.06. The third kappa shape index (κ3) is 1.85. The molecule has 5 heteroatoms. The normalized spacial score (nSPS) is 21.7. The van der Waals surface area contributed by atoms with Gasteiger partial charge >= 0.3 is 0 Å². The molecule has 4 rings (SSSR count). The van der Waals surface area contributed by atoms with Crippen LogP contribution >= 0.6 is 11.6 Å². The van der Waals surface area contributed by atoms with Gasteiger partial charge in [-0.25, -0.2) is 0 Å². The summed E-state index contributed by atoms with van der Waals surface area (Å²) < 4.78 is 0. The summed E-state index contributed by atoms with van der Waals surface area (Å²) in [7, 11) is 0. The number of hydrogen-bond donors (Lipinski definition) is 0. The van der Waals surface area contributed by atoms with Gasteiger partial charge < -0.3 is 9.90 Å². The Balaban J connectivity index is 1.98. The van der Waals surface area contributed by atoms with Gasteiger partial charge in [0.2, 0.25) is 0 Å². The first kappa shape index (κ1) is 14.3. The first-order valence-electron chi connectivity index (χ1n) is 7.47. The van der Waals surface area contributed by atoms with Crippen LogP contribution in [-0.2, 0) is 0 Å². The van der Waals surface area contributed by atoms with Crippen LogP contribution in [0.5, 0.6) is 0 Å². The van der Waals surface area contributed by atoms with E-state index < -0.39 is 5.97 Å². The number of benzene rings is 2. The molecule has 0 aromatic heterocycles. The summed E-state index contributed by atoms with van der Waals surface area (Å²) in [6, 6.07) is 10.3. The van der Waals surface area contributed by atoms with Crippen molar-refractivity contribution in [2.24, 2.45) is 0 Å². The fourth-order valence-corrected chi connectivity index (χ4v) is 4.07. The molecule has 0 radical (unpaired) electrons. The van der Waals surface area contributed by atoms with Crippen LogP contribution in [-0.4, -0.2) is 11.9 Å². The minimum Gasteiger partial charge on any atom is -0.545 e. The van der Waals surface area contributed by atoms with E-state index in [4.69, 9.17) is 11.6 Å². The number of hydrogen-bond acceptors (Lipinski definition) is 3. The van der Waals surface area contributed by atoms with E-state index in [1.54, 1.807) is 17.0 Å². The van der Waals surface area contributed by atoms with Gasteiger partial charge in [-0.3, -0.25) is 9.69 Å². The molecule has 0 saturated carbocycles. The highest BCUT2D eigenvalue weighted by Gasteiger charge is 2.44. The van der Waals surface area contributed by atoms with E-state index >= 15 is 0 Å². The van der Waals surface area contributed by atoms with E-state index in [1.807, 2.05) is 18.2 Å². The van der Waals surface area contributed by atoms with Gasteiger partial charge in [-0.15, -0.1) is 0 Å². The number of para-hydroxylation sites is 1. The monoisotopic (exact) mass is 326 g/mol. The molecular formula is C18H13ClNO3-. The maximum Gasteiger partial charge on any atom is 0.259 e. The van der Waals surface area contributed by atoms with E-state index in [0.717, 1.165) is 17.5 Å². The first-order valence-corrected chi connectivity index (χ1v) is 7.84. The van der Waals surface area contributed by atoms with Gasteiger partial charge in [0.15, 0.2) is 0 Å². The molecule has 0 saturated heterocycles. The summed E-state index contributed by atoms with van der Waals surface area (Å²) in [6.07, 6.45) is 0.739. The number of fused-ring (bicyclic) bond motifs is 5. The molecule has 0 aliphatic carbocycles. The molecule has 2 aromatic carbocycles. The molecule has 0 bridgehead atoms. The van der Waals surface area contributed by atoms with Gasteiger partial charge in [-0.05, 0) is 29.5 Å². The lowest BCUT2D eigenvalue weighted by Gasteiger charge is -2.36. The maximum absolute atomic E-state index is 13.0. The summed E-state index contributed by atoms with van der Waals surface area (Å²) in [5, 5.41) is 11.9. The number of carbonyl (C=O) groups is 2. The van der Waals surface area contributed by atoms with Gasteiger partial charge in [0, 0.05) is 5.56 Å². The largest absolute Gasteiger partial charge is 0.545 e. The van der Waals surface area contributed by atoms with Gasteiger partial charge in [-0.1, -0.05) is 48.9 Å². The minimum absolute atomic E-state index is 0.0526. The molecule has 2 aliphatic heterocycles. The Bertz CT molecular complexity index is 861. The average molecular weight is 327 g/mol. The minimum atomic E-state index is -1.33. The highest BCUT2D eigenvalue weighted by molar-refractivity contribution is 6.34. The SMILES string of the molecule is C[C@H]1C[C@@H]2c3cccc(C(=O)[O-])c3C(=O)N2c2c(Cl)cccc21. The van der Waals surface area contributed by atoms with Crippen molar-refractivity contribution in [2.45, 2.75) is 25.3 Å². The van der Waals surface area contributed by atoms with Crippen molar-refractivity contribution >= 4 is 29.2 Å². The van der Waals surface area contributed by atoms with Crippen LogP contribution in [0.4, 0.5) is 5.69 Å². The van der Waals surface area contributed by atoms with E-state index in [9.17, 15) is 14.7 Å². The predicted octanol–water partition coefficient (Wildman–Crippen LogP) is 2.91. The van der Waals surface area contributed by atoms with Crippen LogP contribution in [0.25, 0.3) is 0 Å². The van der Waals surface area contributed by atoms with Crippen molar-refractivity contribution in [3.05, 3.63) is 63.7 Å². The molecule has 0 N–H and O–H groups in total. The first-order chi connectivity index (χ1) is 11.0. The fraction of sp³-hybridized carbons (Fsp3) is 0.222.